The molecule has 1 aromatic carbocycles. The average molecular weight is 301 g/mol. The first-order chi connectivity index (χ1) is 9.11. The maximum atomic E-state index is 13.0. The molecule has 0 saturated heterocycles. The van der Waals surface area contributed by atoms with Crippen LogP contribution in [0, 0.1) is 5.82 Å². The van der Waals surface area contributed by atoms with E-state index in [4.69, 9.17) is 21.9 Å². The molecule has 1 heterocycles. The SMILES string of the molecule is NNC(=O)c1occc1CSc1ccc(F)c(Cl)c1. The number of thioether (sulfide) groups is 1. The fourth-order valence-corrected chi connectivity index (χ4v) is 2.60. The van der Waals surface area contributed by atoms with Crippen molar-refractivity contribution in [3.05, 3.63) is 52.7 Å². The predicted molar refractivity (Wildman–Crippen MR) is 71.3 cm³/mol. The van der Waals surface area contributed by atoms with Gasteiger partial charge in [0.25, 0.3) is 0 Å². The fourth-order valence-electron chi connectivity index (χ4n) is 1.44. The molecule has 0 saturated carbocycles. The van der Waals surface area contributed by atoms with Gasteiger partial charge in [-0.3, -0.25) is 10.2 Å². The van der Waals surface area contributed by atoms with Crippen LogP contribution in [-0.4, -0.2) is 5.91 Å². The maximum Gasteiger partial charge on any atom is 0.301 e. The standard InChI is InChI=1S/C12H10ClFN2O2S/c13-9-5-8(1-2-10(9)14)19-6-7-3-4-18-11(7)12(17)16-15/h1-5H,6,15H2,(H,16,17). The van der Waals surface area contributed by atoms with Gasteiger partial charge in [0.15, 0.2) is 5.76 Å². The average Bonchev–Trinajstić information content (AvgIpc) is 2.87. The van der Waals surface area contributed by atoms with Gasteiger partial charge in [0.2, 0.25) is 0 Å². The summed E-state index contributed by atoms with van der Waals surface area (Å²) in [7, 11) is 0. The number of nitrogens with one attached hydrogen (secondary N) is 1. The highest BCUT2D eigenvalue weighted by molar-refractivity contribution is 7.98. The van der Waals surface area contributed by atoms with Crippen LogP contribution >= 0.6 is 23.4 Å². The van der Waals surface area contributed by atoms with Crippen molar-refractivity contribution in [2.75, 3.05) is 0 Å². The van der Waals surface area contributed by atoms with E-state index in [1.807, 2.05) is 5.43 Å². The lowest BCUT2D eigenvalue weighted by atomic mass is 10.3. The summed E-state index contributed by atoms with van der Waals surface area (Å²) >= 11 is 7.10. The van der Waals surface area contributed by atoms with Crippen LogP contribution in [0.25, 0.3) is 0 Å². The molecule has 0 fully saturated rings. The highest BCUT2D eigenvalue weighted by Crippen LogP contribution is 2.28. The van der Waals surface area contributed by atoms with Gasteiger partial charge in [-0.1, -0.05) is 11.6 Å². The molecule has 0 aliphatic rings. The molecule has 2 rings (SSSR count). The molecule has 19 heavy (non-hydrogen) atoms. The summed E-state index contributed by atoms with van der Waals surface area (Å²) in [6.07, 6.45) is 1.41. The second kappa shape index (κ2) is 6.10. The summed E-state index contributed by atoms with van der Waals surface area (Å²) in [5, 5.41) is 0.0668. The van der Waals surface area contributed by atoms with Gasteiger partial charge in [-0.05, 0) is 24.3 Å². The number of nitrogens with two attached hydrogens (primary N) is 1. The maximum absolute atomic E-state index is 13.0. The van der Waals surface area contributed by atoms with E-state index in [0.717, 1.165) is 4.90 Å². The Morgan fingerprint density at radius 1 is 1.47 bits per heavy atom. The number of hydrazine groups is 1. The third kappa shape index (κ3) is 3.28. The Morgan fingerprint density at radius 2 is 2.26 bits per heavy atom. The molecule has 3 N–H and O–H groups in total. The highest BCUT2D eigenvalue weighted by atomic mass is 35.5. The molecule has 0 aliphatic heterocycles. The van der Waals surface area contributed by atoms with E-state index in [1.54, 1.807) is 12.1 Å². The van der Waals surface area contributed by atoms with Gasteiger partial charge in [0, 0.05) is 16.2 Å². The molecule has 7 heteroatoms. The Labute approximate surface area is 118 Å². The van der Waals surface area contributed by atoms with Gasteiger partial charge >= 0.3 is 5.91 Å². The molecule has 1 aromatic heterocycles. The largest absolute Gasteiger partial charge is 0.459 e. The first-order valence-electron chi connectivity index (χ1n) is 5.27. The smallest absolute Gasteiger partial charge is 0.301 e. The molecule has 0 radical (unpaired) electrons. The molecule has 0 bridgehead atoms. The molecule has 4 nitrogen and oxygen atoms in total. The molecule has 100 valence electrons. The van der Waals surface area contributed by atoms with Crippen LogP contribution in [0.15, 0.2) is 39.8 Å². The van der Waals surface area contributed by atoms with Crippen molar-refractivity contribution < 1.29 is 13.6 Å². The second-order valence-corrected chi connectivity index (χ2v) is 5.07. The number of carbonyl (C=O) groups excluding carboxylic acids is 1. The zero-order valence-corrected chi connectivity index (χ0v) is 11.2. The number of rotatable bonds is 4. The van der Waals surface area contributed by atoms with Crippen molar-refractivity contribution in [2.45, 2.75) is 10.6 Å². The monoisotopic (exact) mass is 300 g/mol. The van der Waals surface area contributed by atoms with Gasteiger partial charge in [-0.2, -0.15) is 0 Å². The number of hydrogen-bond acceptors (Lipinski definition) is 4. The van der Waals surface area contributed by atoms with Crippen LogP contribution < -0.4 is 11.3 Å². The van der Waals surface area contributed by atoms with E-state index < -0.39 is 11.7 Å². The second-order valence-electron chi connectivity index (χ2n) is 3.61. The zero-order valence-electron chi connectivity index (χ0n) is 9.65. The Kier molecular flexibility index (Phi) is 4.47. The van der Waals surface area contributed by atoms with Crippen molar-refractivity contribution in [1.29, 1.82) is 0 Å². The van der Waals surface area contributed by atoms with Crippen LogP contribution in [0.2, 0.25) is 5.02 Å². The molecule has 1 amide bonds. The molecule has 2 aromatic rings. The van der Waals surface area contributed by atoms with Gasteiger partial charge in [-0.15, -0.1) is 11.8 Å². The summed E-state index contributed by atoms with van der Waals surface area (Å²) in [6.45, 7) is 0. The number of benzene rings is 1. The lowest BCUT2D eigenvalue weighted by molar-refractivity contribution is 0.0925. The minimum Gasteiger partial charge on any atom is -0.459 e. The van der Waals surface area contributed by atoms with E-state index in [1.165, 1.54) is 30.2 Å². The normalized spacial score (nSPS) is 10.5. The molecule has 0 unspecified atom stereocenters. The first-order valence-corrected chi connectivity index (χ1v) is 6.63. The summed E-state index contributed by atoms with van der Waals surface area (Å²) < 4.78 is 18.1. The molecular formula is C12H10ClFN2O2S. The quantitative estimate of drug-likeness (QED) is 0.394. The lowest BCUT2D eigenvalue weighted by Crippen LogP contribution is -2.30. The van der Waals surface area contributed by atoms with E-state index in [2.05, 4.69) is 0 Å². The molecule has 0 spiro atoms. The first kappa shape index (κ1) is 13.9. The molecular weight excluding hydrogens is 291 g/mol. The van der Waals surface area contributed by atoms with Crippen molar-refractivity contribution in [3.63, 3.8) is 0 Å². The van der Waals surface area contributed by atoms with Crippen LogP contribution in [0.5, 0.6) is 0 Å². The van der Waals surface area contributed by atoms with Gasteiger partial charge < -0.3 is 4.42 Å². The predicted octanol–water partition coefficient (Wildman–Crippen LogP) is 2.97. The molecule has 0 atom stereocenters. The number of furan rings is 1. The fraction of sp³-hybridized carbons (Fsp3) is 0.0833. The summed E-state index contributed by atoms with van der Waals surface area (Å²) in [5.74, 6) is 4.76. The highest BCUT2D eigenvalue weighted by Gasteiger charge is 2.14. The van der Waals surface area contributed by atoms with E-state index >= 15 is 0 Å². The van der Waals surface area contributed by atoms with Crippen molar-refractivity contribution in [3.8, 4) is 0 Å². The minimum absolute atomic E-state index is 0.0668. The van der Waals surface area contributed by atoms with Crippen LogP contribution in [0.3, 0.4) is 0 Å². The minimum atomic E-state index is -0.488. The Balaban J connectivity index is 2.08. The molecule has 0 aliphatic carbocycles. The lowest BCUT2D eigenvalue weighted by Gasteiger charge is -2.03. The van der Waals surface area contributed by atoms with E-state index in [-0.39, 0.29) is 10.8 Å². The number of nitrogen functional groups attached to an aromatic ring is 1. The van der Waals surface area contributed by atoms with Gasteiger partial charge in [-0.25, -0.2) is 10.2 Å². The summed E-state index contributed by atoms with van der Waals surface area (Å²) in [5.41, 5.74) is 2.71. The van der Waals surface area contributed by atoms with E-state index in [9.17, 15) is 9.18 Å². The van der Waals surface area contributed by atoms with E-state index in [0.29, 0.717) is 11.3 Å². The number of hydrogen-bond donors (Lipinski definition) is 2. The van der Waals surface area contributed by atoms with Crippen LogP contribution in [0.1, 0.15) is 16.1 Å². The van der Waals surface area contributed by atoms with Crippen molar-refractivity contribution in [2.24, 2.45) is 5.84 Å². The Bertz CT molecular complexity index is 603. The summed E-state index contributed by atoms with van der Waals surface area (Å²) in [4.78, 5) is 12.2. The third-order valence-corrected chi connectivity index (χ3v) is 3.70. The van der Waals surface area contributed by atoms with Crippen molar-refractivity contribution in [1.82, 2.24) is 5.43 Å². The van der Waals surface area contributed by atoms with Gasteiger partial charge in [0.05, 0.1) is 11.3 Å². The zero-order chi connectivity index (χ0) is 13.8. The Hall–Kier alpha value is -1.50. The number of carbonyl (C=O) groups is 1. The van der Waals surface area contributed by atoms with Crippen LogP contribution in [0.4, 0.5) is 4.39 Å². The topological polar surface area (TPSA) is 68.3 Å². The van der Waals surface area contributed by atoms with Gasteiger partial charge in [0.1, 0.15) is 5.82 Å². The Morgan fingerprint density at radius 3 is 2.95 bits per heavy atom. The number of halogens is 2. The summed E-state index contributed by atoms with van der Waals surface area (Å²) in [6, 6.07) is 6.13. The van der Waals surface area contributed by atoms with Crippen LogP contribution in [-0.2, 0) is 5.75 Å². The third-order valence-electron chi connectivity index (χ3n) is 2.37. The van der Waals surface area contributed by atoms with Crippen molar-refractivity contribution >= 4 is 29.3 Å². The number of amides is 1.